The molecule has 0 amide bonds. The van der Waals surface area contributed by atoms with E-state index in [1.165, 1.54) is 7.11 Å². The summed E-state index contributed by atoms with van der Waals surface area (Å²) < 4.78 is 9.49. The molecule has 13 heavy (non-hydrogen) atoms. The largest absolute Gasteiger partial charge is 0.482 e. The predicted molar refractivity (Wildman–Crippen MR) is 48.4 cm³/mol. The highest BCUT2D eigenvalue weighted by Gasteiger charge is 2.00. The summed E-state index contributed by atoms with van der Waals surface area (Å²) in [4.78, 5) is 10.7. The van der Waals surface area contributed by atoms with Crippen LogP contribution in [0.1, 0.15) is 0 Å². The number of nitrogen functional groups attached to an aromatic ring is 1. The van der Waals surface area contributed by atoms with Crippen LogP contribution < -0.4 is 10.5 Å². The lowest BCUT2D eigenvalue weighted by Gasteiger charge is -2.04. The molecule has 0 radical (unpaired) electrons. The molecule has 70 valence electrons. The zero-order valence-electron chi connectivity index (χ0n) is 7.32. The van der Waals surface area contributed by atoms with Crippen LogP contribution in [-0.4, -0.2) is 19.7 Å². The molecule has 0 unspecified atom stereocenters. The molecule has 0 aliphatic heterocycles. The average molecular weight is 181 g/mol. The van der Waals surface area contributed by atoms with E-state index in [0.717, 1.165) is 0 Å². The van der Waals surface area contributed by atoms with Crippen LogP contribution in [0.15, 0.2) is 24.3 Å². The Hall–Kier alpha value is -1.71. The Bertz CT molecular complexity index is 299. The zero-order chi connectivity index (χ0) is 9.68. The average Bonchev–Trinajstić information content (AvgIpc) is 2.14. The number of benzene rings is 1. The van der Waals surface area contributed by atoms with Crippen LogP contribution in [0.3, 0.4) is 0 Å². The lowest BCUT2D eigenvalue weighted by molar-refractivity contribution is -0.142. The third-order valence-electron chi connectivity index (χ3n) is 1.44. The summed E-state index contributed by atoms with van der Waals surface area (Å²) in [6.45, 7) is -0.0973. The molecule has 2 N–H and O–H groups in total. The van der Waals surface area contributed by atoms with Crippen molar-refractivity contribution in [3.05, 3.63) is 24.3 Å². The first kappa shape index (κ1) is 9.38. The van der Waals surface area contributed by atoms with Gasteiger partial charge in [-0.15, -0.1) is 0 Å². The molecule has 0 fully saturated rings. The van der Waals surface area contributed by atoms with Gasteiger partial charge >= 0.3 is 5.97 Å². The van der Waals surface area contributed by atoms with Crippen molar-refractivity contribution >= 4 is 11.7 Å². The minimum Gasteiger partial charge on any atom is -0.482 e. The molecule has 0 aromatic heterocycles. The van der Waals surface area contributed by atoms with Crippen LogP contribution in [0.4, 0.5) is 5.69 Å². The van der Waals surface area contributed by atoms with Gasteiger partial charge in [-0.1, -0.05) is 6.07 Å². The van der Waals surface area contributed by atoms with Gasteiger partial charge in [0.25, 0.3) is 0 Å². The molecule has 0 aliphatic rings. The fourth-order valence-electron chi connectivity index (χ4n) is 0.806. The predicted octanol–water partition coefficient (Wildman–Crippen LogP) is 0.821. The van der Waals surface area contributed by atoms with Crippen LogP contribution in [-0.2, 0) is 9.53 Å². The fourth-order valence-corrected chi connectivity index (χ4v) is 0.806. The SMILES string of the molecule is COC(=O)COc1cccc(N)c1. The van der Waals surface area contributed by atoms with Gasteiger partial charge in [0.1, 0.15) is 5.75 Å². The van der Waals surface area contributed by atoms with Crippen molar-refractivity contribution in [1.82, 2.24) is 0 Å². The molecule has 0 saturated heterocycles. The topological polar surface area (TPSA) is 61.5 Å². The lowest BCUT2D eigenvalue weighted by atomic mass is 10.3. The highest BCUT2D eigenvalue weighted by molar-refractivity contribution is 5.70. The van der Waals surface area contributed by atoms with Gasteiger partial charge in [0.15, 0.2) is 6.61 Å². The normalized spacial score (nSPS) is 9.31. The van der Waals surface area contributed by atoms with Gasteiger partial charge in [0.05, 0.1) is 7.11 Å². The first-order valence-electron chi connectivity index (χ1n) is 3.77. The maximum atomic E-state index is 10.7. The number of hydrogen-bond acceptors (Lipinski definition) is 4. The first-order valence-corrected chi connectivity index (χ1v) is 3.77. The Morgan fingerprint density at radius 2 is 2.31 bits per heavy atom. The number of ether oxygens (including phenoxy) is 2. The van der Waals surface area contributed by atoms with Gasteiger partial charge in [-0.25, -0.2) is 4.79 Å². The lowest BCUT2D eigenvalue weighted by Crippen LogP contribution is -2.12. The molecular weight excluding hydrogens is 170 g/mol. The van der Waals surface area contributed by atoms with Crippen molar-refractivity contribution in [3.8, 4) is 5.75 Å². The van der Waals surface area contributed by atoms with Gasteiger partial charge < -0.3 is 15.2 Å². The first-order chi connectivity index (χ1) is 6.22. The third-order valence-corrected chi connectivity index (χ3v) is 1.44. The monoisotopic (exact) mass is 181 g/mol. The number of carbonyl (C=O) groups excluding carboxylic acids is 1. The summed E-state index contributed by atoms with van der Waals surface area (Å²) in [5, 5.41) is 0. The van der Waals surface area contributed by atoms with Crippen LogP contribution in [0.25, 0.3) is 0 Å². The highest BCUT2D eigenvalue weighted by Crippen LogP contribution is 2.13. The van der Waals surface area contributed by atoms with Crippen LogP contribution in [0.5, 0.6) is 5.75 Å². The van der Waals surface area contributed by atoms with E-state index >= 15 is 0 Å². The van der Waals surface area contributed by atoms with E-state index in [9.17, 15) is 4.79 Å². The molecule has 0 heterocycles. The number of nitrogens with two attached hydrogens (primary N) is 1. The van der Waals surface area contributed by atoms with E-state index < -0.39 is 5.97 Å². The molecule has 1 aromatic carbocycles. The quantitative estimate of drug-likeness (QED) is 0.554. The van der Waals surface area contributed by atoms with E-state index in [-0.39, 0.29) is 6.61 Å². The van der Waals surface area contributed by atoms with Gasteiger partial charge in [0.2, 0.25) is 0 Å². The molecule has 4 heteroatoms. The number of rotatable bonds is 3. The molecule has 4 nitrogen and oxygen atoms in total. The van der Waals surface area contributed by atoms with Crippen molar-refractivity contribution < 1.29 is 14.3 Å². The summed E-state index contributed by atoms with van der Waals surface area (Å²) >= 11 is 0. The molecular formula is C9H11NO3. The van der Waals surface area contributed by atoms with Gasteiger partial charge in [-0.05, 0) is 12.1 Å². The van der Waals surface area contributed by atoms with E-state index in [1.54, 1.807) is 24.3 Å². The Labute approximate surface area is 76.3 Å². The Morgan fingerprint density at radius 3 is 2.92 bits per heavy atom. The van der Waals surface area contributed by atoms with Crippen LogP contribution in [0.2, 0.25) is 0 Å². The van der Waals surface area contributed by atoms with Crippen molar-refractivity contribution in [2.75, 3.05) is 19.5 Å². The molecule has 0 bridgehead atoms. The minimum absolute atomic E-state index is 0.0973. The van der Waals surface area contributed by atoms with Gasteiger partial charge in [0, 0.05) is 11.8 Å². The Balaban J connectivity index is 2.50. The summed E-state index contributed by atoms with van der Waals surface area (Å²) in [5.41, 5.74) is 6.10. The molecule has 0 atom stereocenters. The number of anilines is 1. The van der Waals surface area contributed by atoms with E-state index in [4.69, 9.17) is 10.5 Å². The van der Waals surface area contributed by atoms with Crippen molar-refractivity contribution in [1.29, 1.82) is 0 Å². The Morgan fingerprint density at radius 1 is 1.54 bits per heavy atom. The number of carbonyl (C=O) groups is 1. The third kappa shape index (κ3) is 3.02. The molecule has 1 aromatic rings. The van der Waals surface area contributed by atoms with Crippen molar-refractivity contribution in [2.24, 2.45) is 0 Å². The second-order valence-corrected chi connectivity index (χ2v) is 2.44. The molecule has 1 rings (SSSR count). The summed E-state index contributed by atoms with van der Waals surface area (Å²) in [6.07, 6.45) is 0. The van der Waals surface area contributed by atoms with Crippen molar-refractivity contribution in [3.63, 3.8) is 0 Å². The van der Waals surface area contributed by atoms with Crippen molar-refractivity contribution in [2.45, 2.75) is 0 Å². The molecule has 0 aliphatic carbocycles. The zero-order valence-corrected chi connectivity index (χ0v) is 7.32. The smallest absolute Gasteiger partial charge is 0.343 e. The second kappa shape index (κ2) is 4.35. The minimum atomic E-state index is -0.414. The summed E-state index contributed by atoms with van der Waals surface area (Å²) in [6, 6.07) is 6.86. The van der Waals surface area contributed by atoms with E-state index in [0.29, 0.717) is 11.4 Å². The maximum absolute atomic E-state index is 10.7. The number of esters is 1. The number of methoxy groups -OCH3 is 1. The van der Waals surface area contributed by atoms with Crippen LogP contribution in [0, 0.1) is 0 Å². The van der Waals surface area contributed by atoms with E-state index in [2.05, 4.69) is 4.74 Å². The van der Waals surface area contributed by atoms with E-state index in [1.807, 2.05) is 0 Å². The fraction of sp³-hybridized carbons (Fsp3) is 0.222. The van der Waals surface area contributed by atoms with Gasteiger partial charge in [-0.3, -0.25) is 0 Å². The van der Waals surface area contributed by atoms with Gasteiger partial charge in [-0.2, -0.15) is 0 Å². The molecule has 0 saturated carbocycles. The maximum Gasteiger partial charge on any atom is 0.343 e. The summed E-state index contributed by atoms with van der Waals surface area (Å²) in [7, 11) is 1.31. The number of hydrogen-bond donors (Lipinski definition) is 1. The van der Waals surface area contributed by atoms with Crippen LogP contribution >= 0.6 is 0 Å². The second-order valence-electron chi connectivity index (χ2n) is 2.44. The molecule has 0 spiro atoms. The standard InChI is InChI=1S/C9H11NO3/c1-12-9(11)6-13-8-4-2-3-7(10)5-8/h2-5H,6,10H2,1H3. The summed E-state index contributed by atoms with van der Waals surface area (Å²) in [5.74, 6) is 0.146. The highest BCUT2D eigenvalue weighted by atomic mass is 16.6. The Kier molecular flexibility index (Phi) is 3.14.